The summed E-state index contributed by atoms with van der Waals surface area (Å²) in [4.78, 5) is 4.53. The highest BCUT2D eigenvalue weighted by molar-refractivity contribution is 6.08. The summed E-state index contributed by atoms with van der Waals surface area (Å²) in [7, 11) is 0. The van der Waals surface area contributed by atoms with Gasteiger partial charge >= 0.3 is 0 Å². The Kier molecular flexibility index (Phi) is 8.31. The molecule has 44 heavy (non-hydrogen) atoms. The number of ether oxygens (including phenoxy) is 2. The van der Waals surface area contributed by atoms with Gasteiger partial charge in [0.1, 0.15) is 36.9 Å². The third kappa shape index (κ3) is 6.35. The Morgan fingerprint density at radius 2 is 0.841 bits per heavy atom. The standard InChI is InChI=1S/C38H38N2O4/c41-31(25-43-33-15-13-29-11-9-27-5-1-3-7-35(27)37(29)21-33)23-39-17-19-40(20-18-39)24-32(42)26-44-34-16-14-30-12-10-28-6-2-4-8-36(28)38(30)22-34/h1-16,21-22,31-32,41-42H,17-20,23-26H2. The van der Waals surface area contributed by atoms with Crippen molar-refractivity contribution in [3.63, 3.8) is 0 Å². The number of rotatable bonds is 10. The fraction of sp³-hybridized carbons (Fsp3) is 0.263. The van der Waals surface area contributed by atoms with Gasteiger partial charge < -0.3 is 19.7 Å². The van der Waals surface area contributed by atoms with Gasteiger partial charge in [-0.15, -0.1) is 0 Å². The highest BCUT2D eigenvalue weighted by Crippen LogP contribution is 2.30. The van der Waals surface area contributed by atoms with E-state index in [1.165, 1.54) is 32.3 Å². The van der Waals surface area contributed by atoms with Crippen molar-refractivity contribution in [3.8, 4) is 11.5 Å². The predicted octanol–water partition coefficient (Wildman–Crippen LogP) is 6.10. The van der Waals surface area contributed by atoms with Crippen molar-refractivity contribution in [2.24, 2.45) is 0 Å². The average molecular weight is 587 g/mol. The maximum Gasteiger partial charge on any atom is 0.120 e. The molecular weight excluding hydrogens is 548 g/mol. The normalized spacial score (nSPS) is 16.0. The van der Waals surface area contributed by atoms with E-state index in [9.17, 15) is 10.2 Å². The number of hydrogen-bond acceptors (Lipinski definition) is 6. The van der Waals surface area contributed by atoms with Crippen molar-refractivity contribution < 1.29 is 19.7 Å². The molecule has 6 aromatic carbocycles. The Morgan fingerprint density at radius 1 is 0.477 bits per heavy atom. The third-order valence-electron chi connectivity index (χ3n) is 8.72. The fourth-order valence-electron chi connectivity index (χ4n) is 6.38. The van der Waals surface area contributed by atoms with Crippen LogP contribution in [0.2, 0.25) is 0 Å². The van der Waals surface area contributed by atoms with Gasteiger partial charge in [-0.3, -0.25) is 9.80 Å². The van der Waals surface area contributed by atoms with E-state index in [2.05, 4.69) is 107 Å². The zero-order valence-corrected chi connectivity index (χ0v) is 24.8. The quantitative estimate of drug-likeness (QED) is 0.189. The van der Waals surface area contributed by atoms with Crippen LogP contribution in [0.5, 0.6) is 11.5 Å². The van der Waals surface area contributed by atoms with Crippen molar-refractivity contribution in [2.75, 3.05) is 52.5 Å². The molecule has 0 bridgehead atoms. The molecule has 0 saturated carbocycles. The summed E-state index contributed by atoms with van der Waals surface area (Å²) in [6.45, 7) is 4.97. The third-order valence-corrected chi connectivity index (χ3v) is 8.72. The molecule has 0 amide bonds. The van der Waals surface area contributed by atoms with Crippen LogP contribution in [0.3, 0.4) is 0 Å². The van der Waals surface area contributed by atoms with E-state index in [0.717, 1.165) is 48.5 Å². The second-order valence-electron chi connectivity index (χ2n) is 11.9. The molecule has 1 heterocycles. The van der Waals surface area contributed by atoms with Crippen LogP contribution < -0.4 is 9.47 Å². The van der Waals surface area contributed by atoms with Crippen molar-refractivity contribution in [3.05, 3.63) is 109 Å². The number of β-amino-alcohol motifs (C(OH)–C–C–N with tert-alkyl or cyclic N) is 2. The van der Waals surface area contributed by atoms with Gasteiger partial charge in [-0.1, -0.05) is 84.9 Å². The minimum Gasteiger partial charge on any atom is -0.491 e. The molecule has 0 aromatic heterocycles. The van der Waals surface area contributed by atoms with E-state index in [4.69, 9.17) is 9.47 Å². The summed E-state index contributed by atoms with van der Waals surface area (Å²) in [6, 6.07) is 37.5. The lowest BCUT2D eigenvalue weighted by atomic mass is 10.0. The molecule has 1 fully saturated rings. The molecular formula is C38H38N2O4. The van der Waals surface area contributed by atoms with Gasteiger partial charge in [0.2, 0.25) is 0 Å². The Hall–Kier alpha value is -4.20. The van der Waals surface area contributed by atoms with Crippen LogP contribution in [0.15, 0.2) is 109 Å². The van der Waals surface area contributed by atoms with Crippen LogP contribution in [0.1, 0.15) is 0 Å². The summed E-state index contributed by atoms with van der Waals surface area (Å²) in [6.07, 6.45) is -1.16. The van der Waals surface area contributed by atoms with Crippen LogP contribution in [0.25, 0.3) is 43.1 Å². The monoisotopic (exact) mass is 586 g/mol. The molecule has 224 valence electrons. The largest absolute Gasteiger partial charge is 0.491 e. The molecule has 1 aliphatic heterocycles. The molecule has 0 spiro atoms. The smallest absolute Gasteiger partial charge is 0.120 e. The number of fused-ring (bicyclic) bond motifs is 6. The molecule has 1 aliphatic rings. The Labute approximate surface area is 257 Å². The number of aliphatic hydroxyl groups is 2. The minimum atomic E-state index is -0.581. The molecule has 0 aliphatic carbocycles. The first-order valence-electron chi connectivity index (χ1n) is 15.5. The zero-order valence-electron chi connectivity index (χ0n) is 24.8. The topological polar surface area (TPSA) is 65.4 Å². The van der Waals surface area contributed by atoms with Crippen molar-refractivity contribution >= 4 is 43.1 Å². The average Bonchev–Trinajstić information content (AvgIpc) is 3.07. The number of benzene rings is 6. The summed E-state index contributed by atoms with van der Waals surface area (Å²) in [5.74, 6) is 1.54. The molecule has 6 aromatic rings. The SMILES string of the molecule is OC(COc1ccc2ccc3ccccc3c2c1)CN1CCN(CC(O)COc2ccc3ccc4ccccc4c3c2)CC1. The second-order valence-corrected chi connectivity index (χ2v) is 11.9. The van der Waals surface area contributed by atoms with Gasteiger partial charge in [-0.2, -0.15) is 0 Å². The fourth-order valence-corrected chi connectivity index (χ4v) is 6.38. The van der Waals surface area contributed by atoms with Gasteiger partial charge in [0.25, 0.3) is 0 Å². The summed E-state index contributed by atoms with van der Waals surface area (Å²) in [5.41, 5.74) is 0. The van der Waals surface area contributed by atoms with E-state index in [1.807, 2.05) is 12.1 Å². The van der Waals surface area contributed by atoms with Crippen LogP contribution in [0, 0.1) is 0 Å². The highest BCUT2D eigenvalue weighted by Gasteiger charge is 2.21. The Morgan fingerprint density at radius 3 is 1.27 bits per heavy atom. The molecule has 0 radical (unpaired) electrons. The number of aliphatic hydroxyl groups excluding tert-OH is 2. The first kappa shape index (κ1) is 28.6. The van der Waals surface area contributed by atoms with E-state index in [1.54, 1.807) is 0 Å². The number of piperazine rings is 1. The van der Waals surface area contributed by atoms with Crippen LogP contribution in [-0.4, -0.2) is 84.7 Å². The lowest BCUT2D eigenvalue weighted by molar-refractivity contribution is 0.0241. The molecule has 1 saturated heterocycles. The molecule has 2 unspecified atom stereocenters. The van der Waals surface area contributed by atoms with Crippen molar-refractivity contribution in [1.82, 2.24) is 9.80 Å². The number of nitrogens with zero attached hydrogens (tertiary/aromatic N) is 2. The molecule has 6 heteroatoms. The summed E-state index contributed by atoms with van der Waals surface area (Å²) in [5, 5.41) is 30.9. The van der Waals surface area contributed by atoms with E-state index in [0.29, 0.717) is 13.1 Å². The van der Waals surface area contributed by atoms with Gasteiger partial charge in [0.15, 0.2) is 0 Å². The summed E-state index contributed by atoms with van der Waals surface area (Å²) < 4.78 is 12.0. The van der Waals surface area contributed by atoms with Crippen LogP contribution in [-0.2, 0) is 0 Å². The highest BCUT2D eigenvalue weighted by atomic mass is 16.5. The van der Waals surface area contributed by atoms with Gasteiger partial charge in [0.05, 0.1) is 0 Å². The van der Waals surface area contributed by atoms with Gasteiger partial charge in [-0.05, 0) is 67.4 Å². The molecule has 2 atom stereocenters. The Bertz CT molecular complexity index is 1760. The van der Waals surface area contributed by atoms with Crippen molar-refractivity contribution in [1.29, 1.82) is 0 Å². The summed E-state index contributed by atoms with van der Waals surface area (Å²) >= 11 is 0. The lowest BCUT2D eigenvalue weighted by Gasteiger charge is -2.36. The first-order valence-corrected chi connectivity index (χ1v) is 15.5. The zero-order chi connectivity index (χ0) is 29.9. The minimum absolute atomic E-state index is 0.247. The van der Waals surface area contributed by atoms with Gasteiger partial charge in [-0.25, -0.2) is 0 Å². The molecule has 7 rings (SSSR count). The Balaban J connectivity index is 0.861. The van der Waals surface area contributed by atoms with Crippen molar-refractivity contribution in [2.45, 2.75) is 12.2 Å². The lowest BCUT2D eigenvalue weighted by Crippen LogP contribution is -2.51. The van der Waals surface area contributed by atoms with E-state index < -0.39 is 12.2 Å². The first-order chi connectivity index (χ1) is 21.6. The van der Waals surface area contributed by atoms with Crippen LogP contribution in [0.4, 0.5) is 0 Å². The van der Waals surface area contributed by atoms with E-state index >= 15 is 0 Å². The molecule has 2 N–H and O–H groups in total. The number of hydrogen-bond donors (Lipinski definition) is 2. The predicted molar refractivity (Wildman–Crippen MR) is 179 cm³/mol. The van der Waals surface area contributed by atoms with Gasteiger partial charge in [0, 0.05) is 39.3 Å². The van der Waals surface area contributed by atoms with E-state index in [-0.39, 0.29) is 13.2 Å². The maximum atomic E-state index is 10.7. The second kappa shape index (κ2) is 12.8. The van der Waals surface area contributed by atoms with Crippen LogP contribution >= 0.6 is 0 Å². The molecule has 6 nitrogen and oxygen atoms in total. The maximum absolute atomic E-state index is 10.7.